The highest BCUT2D eigenvalue weighted by Crippen LogP contribution is 2.23. The van der Waals surface area contributed by atoms with Gasteiger partial charge in [-0.2, -0.15) is 0 Å². The predicted octanol–water partition coefficient (Wildman–Crippen LogP) is 5.90. The number of methoxy groups -OCH3 is 1. The highest BCUT2D eigenvalue weighted by atomic mass is 32.2. The molecule has 0 radical (unpaired) electrons. The van der Waals surface area contributed by atoms with Crippen LogP contribution < -0.4 is 20.7 Å². The Hall–Kier alpha value is -4.34. The van der Waals surface area contributed by atoms with Crippen molar-refractivity contribution in [3.05, 3.63) is 113 Å². The van der Waals surface area contributed by atoms with Crippen LogP contribution in [0.1, 0.15) is 15.2 Å². The topological polar surface area (TPSA) is 96.5 Å². The Balaban J connectivity index is 1.39. The molecule has 7 nitrogen and oxygen atoms in total. The normalized spacial score (nSPS) is 10.9. The summed E-state index contributed by atoms with van der Waals surface area (Å²) >= 11 is 2.80. The zero-order valence-corrected chi connectivity index (χ0v) is 22.1. The second-order valence-corrected chi connectivity index (χ2v) is 9.97. The molecular weight excluding hydrogens is 518 g/mol. The molecule has 0 aliphatic rings. The average molecular weight is 544 g/mol. The highest BCUT2D eigenvalue weighted by molar-refractivity contribution is 8.00. The molecule has 9 heteroatoms. The van der Waals surface area contributed by atoms with Crippen molar-refractivity contribution in [2.45, 2.75) is 4.90 Å². The van der Waals surface area contributed by atoms with E-state index >= 15 is 0 Å². The molecule has 0 atom stereocenters. The van der Waals surface area contributed by atoms with Gasteiger partial charge in [0.1, 0.15) is 11.4 Å². The molecule has 1 heterocycles. The van der Waals surface area contributed by atoms with E-state index in [4.69, 9.17) is 4.74 Å². The SMILES string of the molecule is COc1ccc(NC(=O)CSc2cccc(NC(=O)/C(=C/c3cccs3)NC(=O)c3ccccc3)c2)cc1. The van der Waals surface area contributed by atoms with Crippen LogP contribution in [-0.4, -0.2) is 30.6 Å². The Morgan fingerprint density at radius 2 is 1.66 bits per heavy atom. The van der Waals surface area contributed by atoms with E-state index in [2.05, 4.69) is 16.0 Å². The van der Waals surface area contributed by atoms with Crippen molar-refractivity contribution in [1.82, 2.24) is 5.32 Å². The number of amides is 3. The van der Waals surface area contributed by atoms with Crippen molar-refractivity contribution >= 4 is 58.3 Å². The molecule has 3 N–H and O–H groups in total. The van der Waals surface area contributed by atoms with Gasteiger partial charge in [-0.3, -0.25) is 14.4 Å². The highest BCUT2D eigenvalue weighted by Gasteiger charge is 2.15. The van der Waals surface area contributed by atoms with Crippen LogP contribution in [0.3, 0.4) is 0 Å². The third-order valence-electron chi connectivity index (χ3n) is 5.19. The fraction of sp³-hybridized carbons (Fsp3) is 0.0690. The number of anilines is 2. The largest absolute Gasteiger partial charge is 0.497 e. The first kappa shape index (κ1) is 26.7. The lowest BCUT2D eigenvalue weighted by atomic mass is 10.2. The molecule has 4 rings (SSSR count). The van der Waals surface area contributed by atoms with E-state index in [0.29, 0.717) is 22.7 Å². The summed E-state index contributed by atoms with van der Waals surface area (Å²) in [7, 11) is 1.59. The zero-order chi connectivity index (χ0) is 26.7. The fourth-order valence-corrected chi connectivity index (χ4v) is 4.75. The number of thioether (sulfide) groups is 1. The van der Waals surface area contributed by atoms with Crippen molar-refractivity contribution in [3.63, 3.8) is 0 Å². The molecule has 0 spiro atoms. The summed E-state index contributed by atoms with van der Waals surface area (Å²) in [6, 6.07) is 26.7. The summed E-state index contributed by atoms with van der Waals surface area (Å²) in [6.07, 6.45) is 1.64. The fourth-order valence-electron chi connectivity index (χ4n) is 3.34. The van der Waals surface area contributed by atoms with Gasteiger partial charge in [-0.05, 0) is 72.1 Å². The predicted molar refractivity (Wildman–Crippen MR) is 154 cm³/mol. The van der Waals surface area contributed by atoms with Gasteiger partial charge in [0.25, 0.3) is 11.8 Å². The van der Waals surface area contributed by atoms with Gasteiger partial charge in [0.2, 0.25) is 5.91 Å². The maximum Gasteiger partial charge on any atom is 0.272 e. The van der Waals surface area contributed by atoms with Crippen molar-refractivity contribution in [2.24, 2.45) is 0 Å². The van der Waals surface area contributed by atoms with Gasteiger partial charge in [0.05, 0.1) is 12.9 Å². The molecule has 3 amide bonds. The summed E-state index contributed by atoms with van der Waals surface area (Å²) in [6.45, 7) is 0. The maximum atomic E-state index is 13.2. The third-order valence-corrected chi connectivity index (χ3v) is 7.01. The van der Waals surface area contributed by atoms with Crippen LogP contribution in [0.15, 0.2) is 107 Å². The zero-order valence-electron chi connectivity index (χ0n) is 20.5. The van der Waals surface area contributed by atoms with E-state index < -0.39 is 5.91 Å². The van der Waals surface area contributed by atoms with Crippen molar-refractivity contribution in [3.8, 4) is 5.75 Å². The molecule has 0 aliphatic carbocycles. The van der Waals surface area contributed by atoms with E-state index in [1.165, 1.54) is 23.1 Å². The Kier molecular flexibility index (Phi) is 9.33. The first-order valence-corrected chi connectivity index (χ1v) is 13.5. The van der Waals surface area contributed by atoms with Gasteiger partial charge in [-0.25, -0.2) is 0 Å². The lowest BCUT2D eigenvalue weighted by molar-refractivity contribution is -0.114. The van der Waals surface area contributed by atoms with Gasteiger partial charge in [0.15, 0.2) is 0 Å². The second kappa shape index (κ2) is 13.3. The molecule has 38 heavy (non-hydrogen) atoms. The molecule has 0 unspecified atom stereocenters. The van der Waals surface area contributed by atoms with Crippen molar-refractivity contribution in [1.29, 1.82) is 0 Å². The molecule has 4 aromatic rings. The third kappa shape index (κ3) is 7.83. The number of hydrogen-bond acceptors (Lipinski definition) is 6. The first-order valence-electron chi connectivity index (χ1n) is 11.6. The Bertz CT molecular complexity index is 1420. The van der Waals surface area contributed by atoms with Crippen LogP contribution in [0.25, 0.3) is 6.08 Å². The van der Waals surface area contributed by atoms with Crippen LogP contribution in [0.5, 0.6) is 5.75 Å². The van der Waals surface area contributed by atoms with Gasteiger partial charge in [-0.1, -0.05) is 30.3 Å². The second-order valence-electron chi connectivity index (χ2n) is 7.94. The molecular formula is C29H25N3O4S2. The van der Waals surface area contributed by atoms with Gasteiger partial charge in [0, 0.05) is 26.7 Å². The molecule has 0 fully saturated rings. The van der Waals surface area contributed by atoms with Gasteiger partial charge < -0.3 is 20.7 Å². The summed E-state index contributed by atoms with van der Waals surface area (Å²) in [5.41, 5.74) is 1.79. The summed E-state index contributed by atoms with van der Waals surface area (Å²) in [5.74, 6) is -0.0819. The number of ether oxygens (including phenoxy) is 1. The van der Waals surface area contributed by atoms with Crippen LogP contribution in [0, 0.1) is 0 Å². The van der Waals surface area contributed by atoms with Crippen LogP contribution in [0.4, 0.5) is 11.4 Å². The number of hydrogen-bond donors (Lipinski definition) is 3. The molecule has 0 saturated carbocycles. The van der Waals surface area contributed by atoms with E-state index in [-0.39, 0.29) is 23.3 Å². The Morgan fingerprint density at radius 1 is 0.868 bits per heavy atom. The molecule has 3 aromatic carbocycles. The van der Waals surface area contributed by atoms with E-state index in [0.717, 1.165) is 9.77 Å². The summed E-state index contributed by atoms with van der Waals surface area (Å²) in [4.78, 5) is 39.9. The number of carbonyl (C=O) groups excluding carboxylic acids is 3. The standard InChI is InChI=1S/C29H25N3O4S2/c1-36-23-14-12-21(13-15-23)30-27(33)19-38-24-10-5-9-22(17-24)31-29(35)26(18-25-11-6-16-37-25)32-28(34)20-7-3-2-4-8-20/h2-18H,19H2,1H3,(H,30,33)(H,31,35)(H,32,34)/b26-18-. The number of nitrogens with one attached hydrogen (secondary N) is 3. The number of rotatable bonds is 10. The van der Waals surface area contributed by atoms with Crippen molar-refractivity contribution in [2.75, 3.05) is 23.5 Å². The first-order chi connectivity index (χ1) is 18.5. The summed E-state index contributed by atoms with van der Waals surface area (Å²) in [5, 5.41) is 10.3. The number of benzene rings is 3. The number of thiophene rings is 1. The van der Waals surface area contributed by atoms with Crippen molar-refractivity contribution < 1.29 is 19.1 Å². The average Bonchev–Trinajstić information content (AvgIpc) is 3.46. The van der Waals surface area contributed by atoms with E-state index in [1.807, 2.05) is 29.6 Å². The minimum Gasteiger partial charge on any atom is -0.497 e. The van der Waals surface area contributed by atoms with E-state index in [1.54, 1.807) is 79.9 Å². The molecule has 1 aromatic heterocycles. The quantitative estimate of drug-likeness (QED) is 0.171. The summed E-state index contributed by atoms with van der Waals surface area (Å²) < 4.78 is 5.13. The minimum atomic E-state index is -0.456. The van der Waals surface area contributed by atoms with Gasteiger partial charge >= 0.3 is 0 Å². The lowest BCUT2D eigenvalue weighted by Crippen LogP contribution is -2.30. The maximum absolute atomic E-state index is 13.2. The Labute approximate surface area is 228 Å². The smallest absolute Gasteiger partial charge is 0.272 e. The lowest BCUT2D eigenvalue weighted by Gasteiger charge is -2.12. The number of carbonyl (C=O) groups is 3. The molecule has 0 saturated heterocycles. The molecule has 192 valence electrons. The van der Waals surface area contributed by atoms with Crippen LogP contribution in [-0.2, 0) is 9.59 Å². The van der Waals surface area contributed by atoms with Crippen LogP contribution in [0.2, 0.25) is 0 Å². The van der Waals surface area contributed by atoms with Gasteiger partial charge in [-0.15, -0.1) is 23.1 Å². The van der Waals surface area contributed by atoms with E-state index in [9.17, 15) is 14.4 Å². The van der Waals surface area contributed by atoms with Crippen LogP contribution >= 0.6 is 23.1 Å². The molecule has 0 aliphatic heterocycles. The minimum absolute atomic E-state index is 0.123. The monoisotopic (exact) mass is 543 g/mol. The molecule has 0 bridgehead atoms. The Morgan fingerprint density at radius 3 is 2.37 bits per heavy atom.